The Kier molecular flexibility index (Phi) is 7.20. The molecule has 0 radical (unpaired) electrons. The second-order valence-electron chi connectivity index (χ2n) is 11.1. The van der Waals surface area contributed by atoms with E-state index >= 15 is 0 Å². The van der Waals surface area contributed by atoms with E-state index in [1.54, 1.807) is 0 Å². The van der Waals surface area contributed by atoms with Crippen LogP contribution in [0.3, 0.4) is 0 Å². The van der Waals surface area contributed by atoms with E-state index in [-0.39, 0.29) is 33.5 Å². The number of fused-ring (bicyclic) bond motifs is 1. The minimum absolute atomic E-state index is 0. The van der Waals surface area contributed by atoms with Crippen LogP contribution in [0.5, 0.6) is 0 Å². The minimum atomic E-state index is -2.05. The Morgan fingerprint density at radius 2 is 1.06 bits per heavy atom. The van der Waals surface area contributed by atoms with Gasteiger partial charge in [0.25, 0.3) is 0 Å². The number of furan rings is 1. The maximum Gasteiger partial charge on any atom is 0.145 e. The van der Waals surface area contributed by atoms with Crippen LogP contribution in [0, 0.1) is 0 Å². The van der Waals surface area contributed by atoms with Crippen molar-refractivity contribution >= 4 is 23.2 Å². The topological polar surface area (TPSA) is 13.1 Å². The van der Waals surface area contributed by atoms with E-state index in [9.17, 15) is 0 Å². The van der Waals surface area contributed by atoms with Gasteiger partial charge in [-0.2, -0.15) is 0 Å². The van der Waals surface area contributed by atoms with Gasteiger partial charge < -0.3 is 21.4 Å². The van der Waals surface area contributed by atoms with E-state index in [0.717, 1.165) is 12.2 Å². The lowest BCUT2D eigenvalue weighted by Crippen LogP contribution is -3.00. The number of hydrogen-bond donors (Lipinski definition) is 0. The van der Waals surface area contributed by atoms with Crippen LogP contribution >= 0.6 is 7.26 Å². The van der Waals surface area contributed by atoms with E-state index in [0.29, 0.717) is 0 Å². The molecule has 3 heteroatoms. The Labute approximate surface area is 222 Å². The van der Waals surface area contributed by atoms with Crippen LogP contribution in [0.25, 0.3) is 0 Å². The van der Waals surface area contributed by atoms with Crippen molar-refractivity contribution in [3.63, 3.8) is 0 Å². The van der Waals surface area contributed by atoms with Crippen molar-refractivity contribution in [1.29, 1.82) is 0 Å². The largest absolute Gasteiger partial charge is 1.00 e. The van der Waals surface area contributed by atoms with Gasteiger partial charge in [-0.15, -0.1) is 0 Å². The summed E-state index contributed by atoms with van der Waals surface area (Å²) < 4.78 is 6.92. The third-order valence-electron chi connectivity index (χ3n) is 7.95. The highest BCUT2D eigenvalue weighted by Gasteiger charge is 2.53. The van der Waals surface area contributed by atoms with Crippen LogP contribution in [0.15, 0.2) is 101 Å². The Morgan fingerprint density at radius 1 is 0.657 bits per heavy atom. The van der Waals surface area contributed by atoms with Gasteiger partial charge in [0.1, 0.15) is 40.4 Å². The van der Waals surface area contributed by atoms with E-state index in [1.165, 1.54) is 33.7 Å². The fourth-order valence-electron chi connectivity index (χ4n) is 5.79. The Hall–Kier alpha value is -2.15. The quantitative estimate of drug-likeness (QED) is 0.331. The fourth-order valence-corrected chi connectivity index (χ4v) is 10.5. The molecular weight excluding hydrogens is 511 g/mol. The molecule has 1 aromatic heterocycles. The molecule has 1 nitrogen and oxygen atoms in total. The first kappa shape index (κ1) is 25.9. The van der Waals surface area contributed by atoms with Crippen LogP contribution in [0.4, 0.5) is 0 Å². The summed E-state index contributed by atoms with van der Waals surface area (Å²) in [4.78, 5) is 0. The monoisotopic (exact) mass is 546 g/mol. The molecule has 1 unspecified atom stereocenters. The summed E-state index contributed by atoms with van der Waals surface area (Å²) in [7, 11) is -2.05. The van der Waals surface area contributed by atoms with Gasteiger partial charge in [-0.1, -0.05) is 82.3 Å². The summed E-state index contributed by atoms with van der Waals surface area (Å²) in [6.45, 7) is 11.8. The summed E-state index contributed by atoms with van der Waals surface area (Å²) >= 11 is 0. The van der Waals surface area contributed by atoms with Gasteiger partial charge in [0.15, 0.2) is 0 Å². The van der Waals surface area contributed by atoms with E-state index in [4.69, 9.17) is 4.42 Å². The zero-order chi connectivity index (χ0) is 24.0. The van der Waals surface area contributed by atoms with Gasteiger partial charge in [0.2, 0.25) is 0 Å². The lowest BCUT2D eigenvalue weighted by molar-refractivity contribution is -0.00000775. The predicted molar refractivity (Wildman–Crippen MR) is 148 cm³/mol. The SMILES string of the molecule is CC(c1cc2c(o1)C(C)(C)CCC2(C)C)[P+](c1ccccc1)(c1ccccc1)c1ccccc1.[Br-]. The molecule has 0 spiro atoms. The highest BCUT2D eigenvalue weighted by atomic mass is 79.9. The first-order valence-corrected chi connectivity index (χ1v) is 14.3. The average molecular weight is 548 g/mol. The molecule has 5 rings (SSSR count). The molecule has 1 aliphatic rings. The second-order valence-corrected chi connectivity index (χ2v) is 14.8. The normalized spacial score (nSPS) is 17.2. The van der Waals surface area contributed by atoms with E-state index < -0.39 is 7.26 Å². The van der Waals surface area contributed by atoms with Crippen LogP contribution < -0.4 is 32.9 Å². The highest BCUT2D eigenvalue weighted by molar-refractivity contribution is 7.95. The Balaban J connectivity index is 0.00000289. The van der Waals surface area contributed by atoms with Gasteiger partial charge in [-0.3, -0.25) is 0 Å². The third kappa shape index (κ3) is 4.34. The van der Waals surface area contributed by atoms with Gasteiger partial charge >= 0.3 is 0 Å². The molecule has 1 heterocycles. The lowest BCUT2D eigenvalue weighted by Gasteiger charge is -2.37. The molecular formula is C32H36BrOP. The molecule has 0 saturated carbocycles. The zero-order valence-corrected chi connectivity index (χ0v) is 23.9. The first-order chi connectivity index (χ1) is 16.3. The lowest BCUT2D eigenvalue weighted by atomic mass is 9.66. The summed E-state index contributed by atoms with van der Waals surface area (Å²) in [5.41, 5.74) is 1.81. The molecule has 0 fully saturated rings. The summed E-state index contributed by atoms with van der Waals surface area (Å²) in [6, 6.07) is 35.8. The number of halogens is 1. The zero-order valence-electron chi connectivity index (χ0n) is 21.5. The maximum absolute atomic E-state index is 6.92. The Bertz CT molecular complexity index is 1130. The molecule has 3 aromatic carbocycles. The molecule has 0 saturated heterocycles. The Morgan fingerprint density at radius 3 is 1.46 bits per heavy atom. The molecule has 182 valence electrons. The molecule has 1 aliphatic carbocycles. The van der Waals surface area contributed by atoms with Crippen molar-refractivity contribution in [2.75, 3.05) is 0 Å². The average Bonchev–Trinajstić information content (AvgIpc) is 3.33. The second kappa shape index (κ2) is 9.72. The predicted octanol–water partition coefficient (Wildman–Crippen LogP) is 4.69. The summed E-state index contributed by atoms with van der Waals surface area (Å²) in [6.07, 6.45) is 2.35. The van der Waals surface area contributed by atoms with Crippen molar-refractivity contribution in [2.24, 2.45) is 0 Å². The van der Waals surface area contributed by atoms with Gasteiger partial charge in [-0.05, 0) is 67.6 Å². The van der Waals surface area contributed by atoms with Crippen molar-refractivity contribution in [3.05, 3.63) is 114 Å². The first-order valence-electron chi connectivity index (χ1n) is 12.5. The molecule has 35 heavy (non-hydrogen) atoms. The van der Waals surface area contributed by atoms with Gasteiger partial charge in [-0.25, -0.2) is 0 Å². The standard InChI is InChI=1S/C32H36OP.BrH/c1-24(29-23-28-30(33-29)32(4,5)22-21-31(28,2)3)34(25-15-9-6-10-16-25,26-17-11-7-12-18-26)27-19-13-8-14-20-27;/h6-20,23-24H,21-22H2,1-5H3;1H/q+1;/p-1. The van der Waals surface area contributed by atoms with Crippen molar-refractivity contribution < 1.29 is 21.4 Å². The molecule has 0 bridgehead atoms. The molecule has 4 aromatic rings. The maximum atomic E-state index is 6.92. The van der Waals surface area contributed by atoms with E-state index in [2.05, 4.69) is 132 Å². The number of benzene rings is 3. The molecule has 0 N–H and O–H groups in total. The molecule has 1 atom stereocenters. The highest BCUT2D eigenvalue weighted by Crippen LogP contribution is 2.67. The summed E-state index contributed by atoms with van der Waals surface area (Å²) in [5, 5.41) is 4.19. The third-order valence-corrected chi connectivity index (χ3v) is 12.7. The molecule has 0 aliphatic heterocycles. The van der Waals surface area contributed by atoms with Crippen LogP contribution in [-0.4, -0.2) is 0 Å². The molecule has 0 amide bonds. The smallest absolute Gasteiger partial charge is 0.145 e. The van der Waals surface area contributed by atoms with E-state index in [1.807, 2.05) is 0 Å². The van der Waals surface area contributed by atoms with Crippen LogP contribution in [0.2, 0.25) is 0 Å². The summed E-state index contributed by atoms with van der Waals surface area (Å²) in [5.74, 6) is 2.32. The number of rotatable bonds is 5. The van der Waals surface area contributed by atoms with Crippen molar-refractivity contribution in [1.82, 2.24) is 0 Å². The minimum Gasteiger partial charge on any atom is -1.00 e. The van der Waals surface area contributed by atoms with Gasteiger partial charge in [0, 0.05) is 11.0 Å². The van der Waals surface area contributed by atoms with Crippen LogP contribution in [-0.2, 0) is 10.8 Å². The van der Waals surface area contributed by atoms with Gasteiger partial charge in [0.05, 0.1) is 0 Å². The number of hydrogen-bond acceptors (Lipinski definition) is 1. The van der Waals surface area contributed by atoms with Crippen molar-refractivity contribution in [3.8, 4) is 0 Å². The van der Waals surface area contributed by atoms with Crippen LogP contribution in [0.1, 0.15) is 70.2 Å². The van der Waals surface area contributed by atoms with Crippen molar-refractivity contribution in [2.45, 2.75) is 63.9 Å². The fraction of sp³-hybridized carbons (Fsp3) is 0.312.